The lowest BCUT2D eigenvalue weighted by Crippen LogP contribution is -2.37. The van der Waals surface area contributed by atoms with Crippen LogP contribution in [-0.4, -0.2) is 50.9 Å². The van der Waals surface area contributed by atoms with Gasteiger partial charge in [-0.1, -0.05) is 12.5 Å². The number of benzene rings is 1. The molecule has 6 nitrogen and oxygen atoms in total. The molecule has 0 saturated carbocycles. The molecule has 24 heavy (non-hydrogen) atoms. The van der Waals surface area contributed by atoms with Crippen molar-refractivity contribution in [2.45, 2.75) is 36.6 Å². The minimum atomic E-state index is -3.50. The van der Waals surface area contributed by atoms with Crippen LogP contribution in [0.2, 0.25) is 0 Å². The molecule has 0 aliphatic carbocycles. The molecule has 8 heteroatoms. The molecule has 2 aliphatic heterocycles. The van der Waals surface area contributed by atoms with E-state index in [0.717, 1.165) is 38.8 Å². The van der Waals surface area contributed by atoms with Gasteiger partial charge < -0.3 is 10.6 Å². The molecule has 2 heterocycles. The van der Waals surface area contributed by atoms with E-state index in [1.807, 2.05) is 0 Å². The highest BCUT2D eigenvalue weighted by Gasteiger charge is 2.26. The van der Waals surface area contributed by atoms with Gasteiger partial charge in [-0.05, 0) is 44.0 Å². The lowest BCUT2D eigenvalue weighted by molar-refractivity contribution is 0.0940. The van der Waals surface area contributed by atoms with E-state index in [0.29, 0.717) is 18.7 Å². The van der Waals surface area contributed by atoms with Gasteiger partial charge >= 0.3 is 0 Å². The third-order valence-corrected chi connectivity index (χ3v) is 6.34. The van der Waals surface area contributed by atoms with Gasteiger partial charge in [-0.3, -0.25) is 4.79 Å². The fourth-order valence-electron chi connectivity index (χ4n) is 3.10. The van der Waals surface area contributed by atoms with E-state index in [1.165, 1.54) is 10.4 Å². The average molecular weight is 374 g/mol. The highest BCUT2D eigenvalue weighted by molar-refractivity contribution is 7.89. The third kappa shape index (κ3) is 4.27. The van der Waals surface area contributed by atoms with Crippen molar-refractivity contribution < 1.29 is 13.2 Å². The molecule has 1 aromatic carbocycles. The second-order valence-corrected chi connectivity index (χ2v) is 8.09. The number of hydrogen-bond donors (Lipinski definition) is 2. The molecule has 2 fully saturated rings. The van der Waals surface area contributed by atoms with E-state index in [1.54, 1.807) is 18.2 Å². The SMILES string of the molecule is Cl.O=C(NC1CCNC1)c1cccc(S(=O)(=O)N2CCCCC2)c1. The first kappa shape index (κ1) is 19.2. The maximum atomic E-state index is 12.7. The van der Waals surface area contributed by atoms with Gasteiger partial charge in [0.1, 0.15) is 0 Å². The molecule has 2 aliphatic rings. The normalized spacial score (nSPS) is 21.9. The Morgan fingerprint density at radius 1 is 1.21 bits per heavy atom. The molecular weight excluding hydrogens is 350 g/mol. The van der Waals surface area contributed by atoms with E-state index in [2.05, 4.69) is 10.6 Å². The summed E-state index contributed by atoms with van der Waals surface area (Å²) in [5, 5.41) is 6.13. The zero-order chi connectivity index (χ0) is 16.3. The van der Waals surface area contributed by atoms with E-state index in [4.69, 9.17) is 0 Å². The Hall–Kier alpha value is -1.15. The van der Waals surface area contributed by atoms with Crippen molar-refractivity contribution >= 4 is 28.3 Å². The van der Waals surface area contributed by atoms with Crippen LogP contribution in [0.25, 0.3) is 0 Å². The minimum Gasteiger partial charge on any atom is -0.348 e. The zero-order valence-corrected chi connectivity index (χ0v) is 15.2. The fraction of sp³-hybridized carbons (Fsp3) is 0.562. The number of amides is 1. The molecule has 0 bridgehead atoms. The summed E-state index contributed by atoms with van der Waals surface area (Å²) >= 11 is 0. The van der Waals surface area contributed by atoms with E-state index < -0.39 is 10.0 Å². The van der Waals surface area contributed by atoms with Crippen LogP contribution in [0.5, 0.6) is 0 Å². The van der Waals surface area contributed by atoms with Gasteiger partial charge in [0.25, 0.3) is 5.91 Å². The molecule has 2 saturated heterocycles. The number of halogens is 1. The summed E-state index contributed by atoms with van der Waals surface area (Å²) < 4.78 is 26.9. The highest BCUT2D eigenvalue weighted by Crippen LogP contribution is 2.21. The van der Waals surface area contributed by atoms with E-state index in [-0.39, 0.29) is 29.3 Å². The number of nitrogens with one attached hydrogen (secondary N) is 2. The summed E-state index contributed by atoms with van der Waals surface area (Å²) in [6.07, 6.45) is 3.77. The number of hydrogen-bond acceptors (Lipinski definition) is 4. The number of carbonyl (C=O) groups is 1. The molecule has 1 unspecified atom stereocenters. The van der Waals surface area contributed by atoms with Crippen LogP contribution in [0, 0.1) is 0 Å². The maximum absolute atomic E-state index is 12.7. The van der Waals surface area contributed by atoms with Crippen molar-refractivity contribution in [1.29, 1.82) is 0 Å². The number of piperidine rings is 1. The Morgan fingerprint density at radius 2 is 1.96 bits per heavy atom. The Bertz CT molecular complexity index is 669. The number of sulfonamides is 1. The first-order valence-corrected chi connectivity index (χ1v) is 9.63. The molecular formula is C16H24ClN3O3S. The summed E-state index contributed by atoms with van der Waals surface area (Å²) in [7, 11) is -3.50. The van der Waals surface area contributed by atoms with Crippen LogP contribution >= 0.6 is 12.4 Å². The van der Waals surface area contributed by atoms with Crippen molar-refractivity contribution in [3.05, 3.63) is 29.8 Å². The van der Waals surface area contributed by atoms with E-state index in [9.17, 15) is 13.2 Å². The molecule has 1 atom stereocenters. The number of carbonyl (C=O) groups excluding carboxylic acids is 1. The molecule has 0 spiro atoms. The van der Waals surface area contributed by atoms with Gasteiger partial charge in [0.05, 0.1) is 4.90 Å². The molecule has 0 aromatic heterocycles. The van der Waals surface area contributed by atoms with Crippen LogP contribution < -0.4 is 10.6 Å². The summed E-state index contributed by atoms with van der Waals surface area (Å²) in [4.78, 5) is 12.5. The highest BCUT2D eigenvalue weighted by atomic mass is 35.5. The van der Waals surface area contributed by atoms with Gasteiger partial charge in [-0.2, -0.15) is 4.31 Å². The summed E-state index contributed by atoms with van der Waals surface area (Å²) in [6.45, 7) is 2.78. The Labute approximate surface area is 149 Å². The standard InChI is InChI=1S/C16H23N3O3S.ClH/c20-16(18-14-7-8-17-12-14)13-5-4-6-15(11-13)23(21,22)19-9-2-1-3-10-19;/h4-6,11,14,17H,1-3,7-10,12H2,(H,18,20);1H. The van der Waals surface area contributed by atoms with E-state index >= 15 is 0 Å². The summed E-state index contributed by atoms with van der Waals surface area (Å²) in [5.41, 5.74) is 0.398. The van der Waals surface area contributed by atoms with Crippen LogP contribution in [0.3, 0.4) is 0 Å². The van der Waals surface area contributed by atoms with Gasteiger partial charge in [-0.15, -0.1) is 12.4 Å². The Balaban J connectivity index is 0.00000208. The fourth-order valence-corrected chi connectivity index (χ4v) is 4.66. The lowest BCUT2D eigenvalue weighted by atomic mass is 10.2. The smallest absolute Gasteiger partial charge is 0.251 e. The monoisotopic (exact) mass is 373 g/mol. The van der Waals surface area contributed by atoms with Gasteiger partial charge in [0.15, 0.2) is 0 Å². The van der Waals surface area contributed by atoms with Crippen molar-refractivity contribution in [3.63, 3.8) is 0 Å². The zero-order valence-electron chi connectivity index (χ0n) is 13.5. The van der Waals surface area contributed by atoms with Gasteiger partial charge in [-0.25, -0.2) is 8.42 Å². The number of rotatable bonds is 4. The van der Waals surface area contributed by atoms with Crippen LogP contribution in [0.1, 0.15) is 36.0 Å². The minimum absolute atomic E-state index is 0. The molecule has 3 rings (SSSR count). The molecule has 0 radical (unpaired) electrons. The first-order valence-electron chi connectivity index (χ1n) is 8.19. The molecule has 134 valence electrons. The maximum Gasteiger partial charge on any atom is 0.251 e. The second-order valence-electron chi connectivity index (χ2n) is 6.16. The topological polar surface area (TPSA) is 78.5 Å². The third-order valence-electron chi connectivity index (χ3n) is 4.44. The van der Waals surface area contributed by atoms with Crippen molar-refractivity contribution in [1.82, 2.24) is 14.9 Å². The lowest BCUT2D eigenvalue weighted by Gasteiger charge is -2.26. The quantitative estimate of drug-likeness (QED) is 0.835. The summed E-state index contributed by atoms with van der Waals surface area (Å²) in [5.74, 6) is -0.214. The predicted octanol–water partition coefficient (Wildman–Crippen LogP) is 1.37. The second kappa shape index (κ2) is 8.29. The Kier molecular flexibility index (Phi) is 6.62. The molecule has 1 aromatic rings. The molecule has 2 N–H and O–H groups in total. The average Bonchev–Trinajstić information content (AvgIpc) is 3.09. The number of nitrogens with zero attached hydrogens (tertiary/aromatic N) is 1. The van der Waals surface area contributed by atoms with Gasteiger partial charge in [0.2, 0.25) is 10.0 Å². The van der Waals surface area contributed by atoms with Crippen molar-refractivity contribution in [2.24, 2.45) is 0 Å². The first-order chi connectivity index (χ1) is 11.1. The Morgan fingerprint density at radius 3 is 2.62 bits per heavy atom. The van der Waals surface area contributed by atoms with Crippen LogP contribution in [0.4, 0.5) is 0 Å². The van der Waals surface area contributed by atoms with Crippen molar-refractivity contribution in [2.75, 3.05) is 26.2 Å². The van der Waals surface area contributed by atoms with Crippen LogP contribution in [0.15, 0.2) is 29.2 Å². The van der Waals surface area contributed by atoms with Gasteiger partial charge in [0, 0.05) is 31.2 Å². The predicted molar refractivity (Wildman–Crippen MR) is 95.0 cm³/mol. The largest absolute Gasteiger partial charge is 0.348 e. The summed E-state index contributed by atoms with van der Waals surface area (Å²) in [6, 6.07) is 6.47. The van der Waals surface area contributed by atoms with Crippen LogP contribution in [-0.2, 0) is 10.0 Å². The molecule has 1 amide bonds. The van der Waals surface area contributed by atoms with Crippen molar-refractivity contribution in [3.8, 4) is 0 Å².